The molecule has 0 amide bonds. The van der Waals surface area contributed by atoms with Gasteiger partial charge in [0.05, 0.1) is 0 Å². The highest BCUT2D eigenvalue weighted by Gasteiger charge is 2.49. The van der Waals surface area contributed by atoms with Crippen LogP contribution in [0.1, 0.15) is 167 Å². The summed E-state index contributed by atoms with van der Waals surface area (Å²) in [4.78, 5) is 27.7. The van der Waals surface area contributed by atoms with Crippen LogP contribution in [-0.4, -0.2) is 23.1 Å². The van der Waals surface area contributed by atoms with Crippen molar-refractivity contribution in [1.29, 1.82) is 0 Å². The quantitative estimate of drug-likeness (QED) is 0.107. The number of carbonyl (C=O) groups is 2. The first-order valence-electron chi connectivity index (χ1n) is 20.0. The third-order valence-electron chi connectivity index (χ3n) is 12.5. The van der Waals surface area contributed by atoms with E-state index in [9.17, 15) is 9.59 Å². The topological polar surface area (TPSA) is 71.1 Å². The van der Waals surface area contributed by atoms with E-state index in [2.05, 4.69) is 67.5 Å². The average molecular weight is 687 g/mol. The fourth-order valence-electron chi connectivity index (χ4n) is 9.89. The number of carbonyl (C=O) groups excluding carboxylic acids is 2. The molecule has 2 heterocycles. The Kier molecular flexibility index (Phi) is 11.0. The van der Waals surface area contributed by atoms with Crippen LogP contribution in [0.2, 0.25) is 0 Å². The monoisotopic (exact) mass is 686 g/mol. The van der Waals surface area contributed by atoms with E-state index in [0.29, 0.717) is 35.2 Å². The van der Waals surface area contributed by atoms with Crippen LogP contribution in [0.25, 0.3) is 0 Å². The lowest BCUT2D eigenvalue weighted by Gasteiger charge is -2.49. The second-order valence-electron chi connectivity index (χ2n) is 17.4. The van der Waals surface area contributed by atoms with Gasteiger partial charge in [-0.25, -0.2) is 9.59 Å². The molecule has 0 aromatic heterocycles. The fourth-order valence-corrected chi connectivity index (χ4v) is 9.89. The van der Waals surface area contributed by atoms with Crippen molar-refractivity contribution < 1.29 is 28.5 Å². The molecule has 2 aromatic rings. The molecule has 2 aliphatic heterocycles. The standard InChI is InChI=1S/C44H62O6/c1-9-11-13-15-29-23-35(39-31-21-27(3)17-19-33(31)43(5,6)49-37(39)25-29)47-41(45)42(46)48-36-24-30(16-14-12-10-2)26-38-40(36)32-22-28(4)18-20-34(32)44(7,8)50-38/h23-28,31-34H,9-22H2,1-8H3/t27-,28-,31+,32+,33+,34+/m0/s1. The number of rotatable bonds is 10. The smallest absolute Gasteiger partial charge is 0.423 e. The minimum atomic E-state index is -0.987. The molecule has 2 aliphatic carbocycles. The summed E-state index contributed by atoms with van der Waals surface area (Å²) >= 11 is 0. The highest BCUT2D eigenvalue weighted by Crippen LogP contribution is 2.57. The number of esters is 2. The van der Waals surface area contributed by atoms with E-state index >= 15 is 0 Å². The molecular formula is C44H62O6. The maximum Gasteiger partial charge on any atom is 0.423 e. The Balaban J connectivity index is 1.33. The Hall–Kier alpha value is -3.02. The number of fused-ring (bicyclic) bond motifs is 6. The minimum absolute atomic E-state index is 0.193. The molecule has 6 rings (SSSR count). The summed E-state index contributed by atoms with van der Waals surface area (Å²) in [6.07, 6.45) is 14.7. The van der Waals surface area contributed by atoms with Crippen molar-refractivity contribution in [3.63, 3.8) is 0 Å². The largest absolute Gasteiger partial charge is 0.487 e. The first-order valence-corrected chi connectivity index (χ1v) is 20.0. The third-order valence-corrected chi connectivity index (χ3v) is 12.5. The molecule has 0 spiro atoms. The van der Waals surface area contributed by atoms with E-state index in [4.69, 9.17) is 18.9 Å². The molecule has 2 fully saturated rings. The van der Waals surface area contributed by atoms with E-state index < -0.39 is 11.9 Å². The van der Waals surface area contributed by atoms with E-state index in [1.165, 1.54) is 0 Å². The molecule has 2 aromatic carbocycles. The van der Waals surface area contributed by atoms with Gasteiger partial charge in [-0.3, -0.25) is 0 Å². The number of hydrogen-bond acceptors (Lipinski definition) is 6. The van der Waals surface area contributed by atoms with E-state index in [1.807, 2.05) is 12.1 Å². The predicted molar refractivity (Wildman–Crippen MR) is 199 cm³/mol. The Bertz CT molecular complexity index is 1440. The van der Waals surface area contributed by atoms with Gasteiger partial charge in [-0.2, -0.15) is 0 Å². The van der Waals surface area contributed by atoms with Crippen molar-refractivity contribution in [3.05, 3.63) is 46.5 Å². The normalized spacial score (nSPS) is 27.4. The van der Waals surface area contributed by atoms with Crippen LogP contribution in [0.5, 0.6) is 23.0 Å². The Labute approximate surface area is 301 Å². The number of hydrogen-bond donors (Lipinski definition) is 0. The molecule has 0 bridgehead atoms. The van der Waals surface area contributed by atoms with Gasteiger partial charge in [0, 0.05) is 23.0 Å². The molecule has 6 nitrogen and oxygen atoms in total. The Morgan fingerprint density at radius 1 is 0.640 bits per heavy atom. The lowest BCUT2D eigenvalue weighted by Crippen LogP contribution is -2.47. The molecule has 274 valence electrons. The highest BCUT2D eigenvalue weighted by atomic mass is 16.6. The molecular weight excluding hydrogens is 624 g/mol. The number of ether oxygens (including phenoxy) is 4. The van der Waals surface area contributed by atoms with Crippen molar-refractivity contribution in [1.82, 2.24) is 0 Å². The van der Waals surface area contributed by atoms with Crippen LogP contribution in [0.15, 0.2) is 24.3 Å². The summed E-state index contributed by atoms with van der Waals surface area (Å²) < 4.78 is 25.7. The second kappa shape index (κ2) is 14.9. The van der Waals surface area contributed by atoms with Crippen LogP contribution >= 0.6 is 0 Å². The summed E-state index contributed by atoms with van der Waals surface area (Å²) in [5.41, 5.74) is 3.35. The van der Waals surface area contributed by atoms with Crippen molar-refractivity contribution in [2.24, 2.45) is 23.7 Å². The summed E-state index contributed by atoms with van der Waals surface area (Å²) in [5.74, 6) is 2.64. The highest BCUT2D eigenvalue weighted by molar-refractivity contribution is 6.31. The average Bonchev–Trinajstić information content (AvgIpc) is 3.03. The van der Waals surface area contributed by atoms with Crippen LogP contribution in [-0.2, 0) is 22.4 Å². The zero-order chi connectivity index (χ0) is 35.8. The zero-order valence-electron chi connectivity index (χ0n) is 32.1. The number of aryl methyl sites for hydroxylation is 2. The van der Waals surface area contributed by atoms with E-state index in [1.54, 1.807) is 0 Å². The maximum atomic E-state index is 13.9. The molecule has 0 saturated heterocycles. The zero-order valence-corrected chi connectivity index (χ0v) is 32.1. The first-order chi connectivity index (χ1) is 23.8. The molecule has 6 atom stereocenters. The summed E-state index contributed by atoms with van der Waals surface area (Å²) in [6, 6.07) is 8.27. The maximum absolute atomic E-state index is 13.9. The lowest BCUT2D eigenvalue weighted by atomic mass is 9.64. The van der Waals surface area contributed by atoms with Gasteiger partial charge in [0.25, 0.3) is 0 Å². The SMILES string of the molecule is CCCCCc1cc(OC(=O)C(=O)Oc2cc(CCCCC)cc3c2[C@@H]2C[C@@H](C)CC[C@H]2C(C)(C)O3)c2c(c1)OC(C)(C)[C@@H]1CC[C@H](C)C[C@@H]21. The minimum Gasteiger partial charge on any atom is -0.487 e. The first kappa shape index (κ1) is 36.8. The molecule has 4 aliphatic rings. The summed E-state index contributed by atoms with van der Waals surface area (Å²) in [7, 11) is 0. The molecule has 0 unspecified atom stereocenters. The van der Waals surface area contributed by atoms with Crippen molar-refractivity contribution >= 4 is 11.9 Å². The molecule has 0 radical (unpaired) electrons. The van der Waals surface area contributed by atoms with Crippen LogP contribution in [0.4, 0.5) is 0 Å². The summed E-state index contributed by atoms with van der Waals surface area (Å²) in [5, 5.41) is 0. The second-order valence-corrected chi connectivity index (χ2v) is 17.4. The van der Waals surface area contributed by atoms with Gasteiger partial charge in [-0.15, -0.1) is 0 Å². The fraction of sp³-hybridized carbons (Fsp3) is 0.682. The third kappa shape index (κ3) is 7.60. The number of benzene rings is 2. The molecule has 2 saturated carbocycles. The van der Waals surface area contributed by atoms with Gasteiger partial charge in [-0.1, -0.05) is 66.2 Å². The van der Waals surface area contributed by atoms with Gasteiger partial charge in [0.1, 0.15) is 34.2 Å². The molecule has 6 heteroatoms. The van der Waals surface area contributed by atoms with Gasteiger partial charge in [0.15, 0.2) is 0 Å². The van der Waals surface area contributed by atoms with Gasteiger partial charge < -0.3 is 18.9 Å². The van der Waals surface area contributed by atoms with Crippen molar-refractivity contribution in [3.8, 4) is 23.0 Å². The summed E-state index contributed by atoms with van der Waals surface area (Å²) in [6.45, 7) is 17.8. The van der Waals surface area contributed by atoms with Crippen LogP contribution in [0, 0.1) is 23.7 Å². The molecule has 0 N–H and O–H groups in total. The molecule has 50 heavy (non-hydrogen) atoms. The Morgan fingerprint density at radius 3 is 1.42 bits per heavy atom. The number of unbranched alkanes of at least 4 members (excludes halogenated alkanes) is 4. The van der Waals surface area contributed by atoms with Crippen LogP contribution < -0.4 is 18.9 Å². The van der Waals surface area contributed by atoms with E-state index in [0.717, 1.165) is 124 Å². The van der Waals surface area contributed by atoms with E-state index in [-0.39, 0.29) is 23.0 Å². The van der Waals surface area contributed by atoms with Gasteiger partial charge in [0.2, 0.25) is 0 Å². The lowest BCUT2D eigenvalue weighted by molar-refractivity contribution is -0.156. The van der Waals surface area contributed by atoms with Crippen molar-refractivity contribution in [2.45, 2.75) is 168 Å². The van der Waals surface area contributed by atoms with Crippen molar-refractivity contribution in [2.75, 3.05) is 0 Å². The predicted octanol–water partition coefficient (Wildman–Crippen LogP) is 11.0. The van der Waals surface area contributed by atoms with Crippen LogP contribution in [0.3, 0.4) is 0 Å². The van der Waals surface area contributed by atoms with Gasteiger partial charge >= 0.3 is 11.9 Å². The Morgan fingerprint density at radius 2 is 1.04 bits per heavy atom. The van der Waals surface area contributed by atoms with Gasteiger partial charge in [-0.05, 0) is 138 Å².